The van der Waals surface area contributed by atoms with Crippen molar-refractivity contribution < 1.29 is 14.3 Å². The Balaban J connectivity index is 2.04. The molecule has 16 heavy (non-hydrogen) atoms. The van der Waals surface area contributed by atoms with E-state index in [4.69, 9.17) is 4.74 Å². The normalized spacial score (nSPS) is 19.4. The first-order valence-corrected chi connectivity index (χ1v) is 5.53. The number of hydrogen-bond acceptors (Lipinski definition) is 3. The Morgan fingerprint density at radius 3 is 2.94 bits per heavy atom. The second-order valence-electron chi connectivity index (χ2n) is 3.97. The van der Waals surface area contributed by atoms with E-state index in [1.165, 1.54) is 0 Å². The zero-order valence-electron chi connectivity index (χ0n) is 9.71. The highest BCUT2D eigenvalue weighted by molar-refractivity contribution is 5.90. The minimum atomic E-state index is -0.446. The zero-order chi connectivity index (χ0) is 12.0. The van der Waals surface area contributed by atoms with Crippen LogP contribution < -0.4 is 16.0 Å². The summed E-state index contributed by atoms with van der Waals surface area (Å²) < 4.78 is 5.33. The molecule has 1 aliphatic heterocycles. The summed E-state index contributed by atoms with van der Waals surface area (Å²) in [5.74, 6) is -0.150. The standard InChI is InChI=1S/C10H19N3O3/c1-7(2)16-5-3-4-11-9(14)8-6-12-10(15)13-8/h7-8H,3-6H2,1-2H3,(H,11,14)(H2,12,13,15)/t8-/m1/s1. The van der Waals surface area contributed by atoms with Crippen LogP contribution in [0.5, 0.6) is 0 Å². The summed E-state index contributed by atoms with van der Waals surface area (Å²) >= 11 is 0. The summed E-state index contributed by atoms with van der Waals surface area (Å²) in [6.07, 6.45) is 0.992. The van der Waals surface area contributed by atoms with Crippen molar-refractivity contribution in [1.82, 2.24) is 16.0 Å². The molecule has 1 fully saturated rings. The summed E-state index contributed by atoms with van der Waals surface area (Å²) in [4.78, 5) is 22.3. The predicted octanol–water partition coefficient (Wildman–Crippen LogP) is -0.401. The Bertz CT molecular complexity index is 256. The number of nitrogens with one attached hydrogen (secondary N) is 3. The largest absolute Gasteiger partial charge is 0.379 e. The van der Waals surface area contributed by atoms with Crippen LogP contribution in [-0.2, 0) is 9.53 Å². The van der Waals surface area contributed by atoms with Gasteiger partial charge in [0.25, 0.3) is 0 Å². The third-order valence-corrected chi connectivity index (χ3v) is 2.16. The Hall–Kier alpha value is -1.30. The lowest BCUT2D eigenvalue weighted by molar-refractivity contribution is -0.122. The summed E-state index contributed by atoms with van der Waals surface area (Å²) in [7, 11) is 0. The van der Waals surface area contributed by atoms with Gasteiger partial charge in [-0.2, -0.15) is 0 Å². The minimum Gasteiger partial charge on any atom is -0.379 e. The molecule has 0 unspecified atom stereocenters. The van der Waals surface area contributed by atoms with Gasteiger partial charge in [0, 0.05) is 19.7 Å². The quantitative estimate of drug-likeness (QED) is 0.542. The third kappa shape index (κ3) is 4.48. The molecule has 0 spiro atoms. The highest BCUT2D eigenvalue weighted by Gasteiger charge is 2.25. The second-order valence-corrected chi connectivity index (χ2v) is 3.97. The lowest BCUT2D eigenvalue weighted by atomic mass is 10.3. The van der Waals surface area contributed by atoms with Gasteiger partial charge in [0.15, 0.2) is 0 Å². The molecule has 6 nitrogen and oxygen atoms in total. The number of hydrogen-bond donors (Lipinski definition) is 3. The van der Waals surface area contributed by atoms with Crippen LogP contribution in [0.2, 0.25) is 0 Å². The Morgan fingerprint density at radius 2 is 2.38 bits per heavy atom. The van der Waals surface area contributed by atoms with E-state index < -0.39 is 6.04 Å². The molecule has 1 atom stereocenters. The van der Waals surface area contributed by atoms with Gasteiger partial charge in [-0.1, -0.05) is 0 Å². The van der Waals surface area contributed by atoms with Gasteiger partial charge < -0.3 is 20.7 Å². The first-order chi connectivity index (χ1) is 7.59. The molecule has 1 heterocycles. The number of carbonyl (C=O) groups excluding carboxylic acids is 2. The fourth-order valence-electron chi connectivity index (χ4n) is 1.34. The molecule has 92 valence electrons. The average molecular weight is 229 g/mol. The van der Waals surface area contributed by atoms with Crippen molar-refractivity contribution in [1.29, 1.82) is 0 Å². The highest BCUT2D eigenvalue weighted by Crippen LogP contribution is 1.92. The van der Waals surface area contributed by atoms with Crippen LogP contribution in [0.25, 0.3) is 0 Å². The van der Waals surface area contributed by atoms with Crippen LogP contribution in [0, 0.1) is 0 Å². The molecule has 0 radical (unpaired) electrons. The molecule has 0 aromatic rings. The SMILES string of the molecule is CC(C)OCCCNC(=O)[C@H]1CNC(=O)N1. The van der Waals surface area contributed by atoms with Crippen molar-refractivity contribution >= 4 is 11.9 Å². The lowest BCUT2D eigenvalue weighted by Crippen LogP contribution is -2.43. The first kappa shape index (κ1) is 12.8. The van der Waals surface area contributed by atoms with E-state index in [-0.39, 0.29) is 18.0 Å². The molecule has 0 saturated carbocycles. The number of urea groups is 1. The van der Waals surface area contributed by atoms with E-state index in [0.717, 1.165) is 6.42 Å². The van der Waals surface area contributed by atoms with Crippen molar-refractivity contribution in [3.8, 4) is 0 Å². The molecule has 0 aliphatic carbocycles. The fraction of sp³-hybridized carbons (Fsp3) is 0.800. The number of carbonyl (C=O) groups is 2. The van der Waals surface area contributed by atoms with Gasteiger partial charge in [0.2, 0.25) is 5.91 Å². The Morgan fingerprint density at radius 1 is 1.62 bits per heavy atom. The summed E-state index contributed by atoms with van der Waals surface area (Å²) in [6, 6.07) is -0.734. The van der Waals surface area contributed by atoms with Crippen molar-refractivity contribution in [3.05, 3.63) is 0 Å². The van der Waals surface area contributed by atoms with Crippen LogP contribution in [-0.4, -0.2) is 43.8 Å². The van der Waals surface area contributed by atoms with E-state index in [0.29, 0.717) is 19.7 Å². The highest BCUT2D eigenvalue weighted by atomic mass is 16.5. The number of ether oxygens (including phenoxy) is 1. The minimum absolute atomic E-state index is 0.150. The second kappa shape index (κ2) is 6.32. The molecule has 6 heteroatoms. The van der Waals surface area contributed by atoms with Gasteiger partial charge in [0.05, 0.1) is 6.10 Å². The predicted molar refractivity (Wildman–Crippen MR) is 59.0 cm³/mol. The van der Waals surface area contributed by atoms with Crippen LogP contribution in [0.3, 0.4) is 0 Å². The van der Waals surface area contributed by atoms with Crippen LogP contribution in [0.4, 0.5) is 4.79 Å². The van der Waals surface area contributed by atoms with Crippen molar-refractivity contribution in [2.75, 3.05) is 19.7 Å². The average Bonchev–Trinajstić information content (AvgIpc) is 2.63. The summed E-state index contributed by atoms with van der Waals surface area (Å²) in [5.41, 5.74) is 0. The molecule has 3 amide bonds. The van der Waals surface area contributed by atoms with E-state index in [1.807, 2.05) is 13.8 Å². The van der Waals surface area contributed by atoms with E-state index in [1.54, 1.807) is 0 Å². The molecule has 0 aromatic carbocycles. The molecule has 1 aliphatic rings. The molecule has 3 N–H and O–H groups in total. The van der Waals surface area contributed by atoms with Gasteiger partial charge in [-0.05, 0) is 20.3 Å². The molecular weight excluding hydrogens is 210 g/mol. The van der Waals surface area contributed by atoms with Crippen molar-refractivity contribution in [2.45, 2.75) is 32.4 Å². The van der Waals surface area contributed by atoms with Gasteiger partial charge in [-0.25, -0.2) is 4.79 Å². The maximum absolute atomic E-state index is 11.5. The van der Waals surface area contributed by atoms with Crippen LogP contribution in [0.1, 0.15) is 20.3 Å². The summed E-state index contributed by atoms with van der Waals surface area (Å²) in [6.45, 7) is 5.49. The van der Waals surface area contributed by atoms with Gasteiger partial charge >= 0.3 is 6.03 Å². The van der Waals surface area contributed by atoms with Gasteiger partial charge in [0.1, 0.15) is 6.04 Å². The van der Waals surface area contributed by atoms with Crippen molar-refractivity contribution in [3.63, 3.8) is 0 Å². The number of rotatable bonds is 6. The third-order valence-electron chi connectivity index (χ3n) is 2.16. The van der Waals surface area contributed by atoms with Crippen LogP contribution in [0.15, 0.2) is 0 Å². The van der Waals surface area contributed by atoms with E-state index >= 15 is 0 Å². The summed E-state index contributed by atoms with van der Waals surface area (Å²) in [5, 5.41) is 7.80. The fourth-order valence-corrected chi connectivity index (χ4v) is 1.34. The maximum atomic E-state index is 11.5. The molecule has 1 rings (SSSR count). The van der Waals surface area contributed by atoms with Crippen molar-refractivity contribution in [2.24, 2.45) is 0 Å². The number of amides is 3. The van der Waals surface area contributed by atoms with Gasteiger partial charge in [-0.15, -0.1) is 0 Å². The first-order valence-electron chi connectivity index (χ1n) is 5.53. The molecule has 0 bridgehead atoms. The smallest absolute Gasteiger partial charge is 0.315 e. The Kier molecular flexibility index (Phi) is 5.04. The molecule has 0 aromatic heterocycles. The maximum Gasteiger partial charge on any atom is 0.315 e. The topological polar surface area (TPSA) is 79.5 Å². The Labute approximate surface area is 95.1 Å². The van der Waals surface area contributed by atoms with Gasteiger partial charge in [-0.3, -0.25) is 4.79 Å². The monoisotopic (exact) mass is 229 g/mol. The zero-order valence-corrected chi connectivity index (χ0v) is 9.71. The molecular formula is C10H19N3O3. The van der Waals surface area contributed by atoms with Crippen LogP contribution >= 0.6 is 0 Å². The van der Waals surface area contributed by atoms with E-state index in [9.17, 15) is 9.59 Å². The molecule has 1 saturated heterocycles. The lowest BCUT2D eigenvalue weighted by Gasteiger charge is -2.10. The van der Waals surface area contributed by atoms with E-state index in [2.05, 4.69) is 16.0 Å².